The lowest BCUT2D eigenvalue weighted by Crippen LogP contribution is -2.31. The molecule has 2 heterocycles. The summed E-state index contributed by atoms with van der Waals surface area (Å²) in [6, 6.07) is 4.85. The summed E-state index contributed by atoms with van der Waals surface area (Å²) in [5.74, 6) is 0. The maximum atomic E-state index is 12.1. The molecule has 1 fully saturated rings. The zero-order valence-corrected chi connectivity index (χ0v) is 10.1. The third kappa shape index (κ3) is 1.97. The van der Waals surface area contributed by atoms with Gasteiger partial charge in [-0.15, -0.1) is 11.3 Å². The van der Waals surface area contributed by atoms with Crippen LogP contribution < -0.4 is 5.73 Å². The van der Waals surface area contributed by atoms with Crippen LogP contribution in [0, 0.1) is 11.3 Å². The molecule has 1 saturated heterocycles. The molecular weight excluding hydrogens is 246 g/mol. The van der Waals surface area contributed by atoms with Gasteiger partial charge in [0.15, 0.2) is 0 Å². The van der Waals surface area contributed by atoms with E-state index in [0.29, 0.717) is 24.4 Å². The Hall–Kier alpha value is -0.940. The van der Waals surface area contributed by atoms with E-state index in [-0.39, 0.29) is 10.3 Å². The molecule has 0 spiro atoms. The van der Waals surface area contributed by atoms with Crippen LogP contribution in [-0.2, 0) is 10.0 Å². The van der Waals surface area contributed by atoms with Gasteiger partial charge in [0.2, 0.25) is 0 Å². The standard InChI is InChI=1S/C9H11N3O2S2/c10-5-8-1-2-9(15-8)16(13,14)12-4-3-7(11)6-12/h1-2,7H,3-4,6,11H2/t7-/m0/s1. The number of thiophene rings is 1. The lowest BCUT2D eigenvalue weighted by atomic mass is 10.3. The van der Waals surface area contributed by atoms with Crippen molar-refractivity contribution < 1.29 is 8.42 Å². The van der Waals surface area contributed by atoms with Gasteiger partial charge >= 0.3 is 0 Å². The lowest BCUT2D eigenvalue weighted by molar-refractivity contribution is 0.474. The topological polar surface area (TPSA) is 87.2 Å². The minimum absolute atomic E-state index is 0.0785. The summed E-state index contributed by atoms with van der Waals surface area (Å²) >= 11 is 0.996. The second kappa shape index (κ2) is 4.14. The maximum Gasteiger partial charge on any atom is 0.252 e. The molecule has 5 nitrogen and oxygen atoms in total. The van der Waals surface area contributed by atoms with E-state index in [2.05, 4.69) is 0 Å². The number of nitrogens with zero attached hydrogens (tertiary/aromatic N) is 2. The van der Waals surface area contributed by atoms with E-state index in [1.807, 2.05) is 6.07 Å². The summed E-state index contributed by atoms with van der Waals surface area (Å²) in [5.41, 5.74) is 5.68. The molecule has 0 radical (unpaired) electrons. The molecule has 0 saturated carbocycles. The minimum Gasteiger partial charge on any atom is -0.326 e. The van der Waals surface area contributed by atoms with Gasteiger partial charge in [-0.2, -0.15) is 9.57 Å². The Bertz CT molecular complexity index is 529. The fraction of sp³-hybridized carbons (Fsp3) is 0.444. The van der Waals surface area contributed by atoms with Gasteiger partial charge in [-0.25, -0.2) is 8.42 Å². The van der Waals surface area contributed by atoms with Gasteiger partial charge in [0.05, 0.1) is 0 Å². The van der Waals surface area contributed by atoms with Crippen molar-refractivity contribution >= 4 is 21.4 Å². The van der Waals surface area contributed by atoms with Gasteiger partial charge in [-0.05, 0) is 18.6 Å². The predicted octanol–water partition coefficient (Wildman–Crippen LogP) is 0.341. The molecule has 1 aliphatic rings. The molecule has 1 aromatic rings. The van der Waals surface area contributed by atoms with Crippen molar-refractivity contribution in [3.05, 3.63) is 17.0 Å². The zero-order valence-electron chi connectivity index (χ0n) is 8.46. The number of hydrogen-bond acceptors (Lipinski definition) is 5. The summed E-state index contributed by atoms with van der Waals surface area (Å²) in [6.07, 6.45) is 0.690. The first-order valence-electron chi connectivity index (χ1n) is 4.79. The van der Waals surface area contributed by atoms with Crippen LogP contribution in [0.1, 0.15) is 11.3 Å². The summed E-state index contributed by atoms with van der Waals surface area (Å²) in [5, 5.41) is 8.66. The third-order valence-electron chi connectivity index (χ3n) is 2.47. The molecule has 0 aromatic carbocycles. The Balaban J connectivity index is 2.29. The van der Waals surface area contributed by atoms with E-state index in [4.69, 9.17) is 11.0 Å². The first-order chi connectivity index (χ1) is 7.54. The predicted molar refractivity (Wildman–Crippen MR) is 60.4 cm³/mol. The second-order valence-corrected chi connectivity index (χ2v) is 6.89. The normalized spacial score (nSPS) is 22.1. The Morgan fingerprint density at radius 2 is 2.31 bits per heavy atom. The highest BCUT2D eigenvalue weighted by atomic mass is 32.2. The highest BCUT2D eigenvalue weighted by molar-refractivity contribution is 7.91. The molecule has 1 aromatic heterocycles. The molecule has 2 rings (SSSR count). The van der Waals surface area contributed by atoms with Crippen LogP contribution in [0.25, 0.3) is 0 Å². The number of hydrogen-bond donors (Lipinski definition) is 1. The molecule has 0 unspecified atom stereocenters. The number of rotatable bonds is 2. The first kappa shape index (κ1) is 11.5. The molecular formula is C9H11N3O2S2. The lowest BCUT2D eigenvalue weighted by Gasteiger charge is -2.13. The van der Waals surface area contributed by atoms with Gasteiger partial charge in [-0.1, -0.05) is 0 Å². The van der Waals surface area contributed by atoms with Crippen LogP contribution in [0.15, 0.2) is 16.3 Å². The first-order valence-corrected chi connectivity index (χ1v) is 7.05. The van der Waals surface area contributed by atoms with Crippen molar-refractivity contribution in [3.63, 3.8) is 0 Å². The van der Waals surface area contributed by atoms with E-state index < -0.39 is 10.0 Å². The summed E-state index contributed by atoms with van der Waals surface area (Å²) in [7, 11) is -3.44. The number of sulfonamides is 1. The number of nitriles is 1. The molecule has 0 aliphatic carbocycles. The molecule has 2 N–H and O–H groups in total. The molecule has 86 valence electrons. The number of nitrogens with two attached hydrogens (primary N) is 1. The highest BCUT2D eigenvalue weighted by Crippen LogP contribution is 2.26. The van der Waals surface area contributed by atoms with Crippen molar-refractivity contribution in [1.82, 2.24) is 4.31 Å². The molecule has 0 amide bonds. The second-order valence-electron chi connectivity index (χ2n) is 3.64. The fourth-order valence-electron chi connectivity index (χ4n) is 1.62. The fourth-order valence-corrected chi connectivity index (χ4v) is 4.39. The van der Waals surface area contributed by atoms with Crippen molar-refractivity contribution in [3.8, 4) is 6.07 Å². The summed E-state index contributed by atoms with van der Waals surface area (Å²) < 4.78 is 25.8. The Kier molecular flexibility index (Phi) is 2.99. The van der Waals surface area contributed by atoms with Crippen LogP contribution in [0.5, 0.6) is 0 Å². The van der Waals surface area contributed by atoms with Crippen LogP contribution in [0.2, 0.25) is 0 Å². The molecule has 1 aliphatic heterocycles. The van der Waals surface area contributed by atoms with Crippen molar-refractivity contribution in [1.29, 1.82) is 5.26 Å². The Morgan fingerprint density at radius 1 is 1.56 bits per heavy atom. The molecule has 0 bridgehead atoms. The van der Waals surface area contributed by atoms with Crippen LogP contribution >= 0.6 is 11.3 Å². The largest absolute Gasteiger partial charge is 0.326 e. The van der Waals surface area contributed by atoms with E-state index in [1.165, 1.54) is 16.4 Å². The van der Waals surface area contributed by atoms with E-state index in [0.717, 1.165) is 11.3 Å². The van der Waals surface area contributed by atoms with Crippen LogP contribution in [-0.4, -0.2) is 31.9 Å². The quantitative estimate of drug-likeness (QED) is 0.827. The molecule has 1 atom stereocenters. The maximum absolute atomic E-state index is 12.1. The van der Waals surface area contributed by atoms with Gasteiger partial charge in [0.25, 0.3) is 10.0 Å². The van der Waals surface area contributed by atoms with E-state index >= 15 is 0 Å². The van der Waals surface area contributed by atoms with E-state index in [9.17, 15) is 8.42 Å². The molecule has 7 heteroatoms. The van der Waals surface area contributed by atoms with Crippen molar-refractivity contribution in [2.45, 2.75) is 16.7 Å². The van der Waals surface area contributed by atoms with Gasteiger partial charge in [0.1, 0.15) is 15.2 Å². The van der Waals surface area contributed by atoms with Crippen LogP contribution in [0.3, 0.4) is 0 Å². The summed E-state index contributed by atoms with van der Waals surface area (Å²) in [4.78, 5) is 0.405. The average Bonchev–Trinajstić information content (AvgIpc) is 2.85. The van der Waals surface area contributed by atoms with Crippen molar-refractivity contribution in [2.24, 2.45) is 5.73 Å². The van der Waals surface area contributed by atoms with Gasteiger partial charge in [0, 0.05) is 19.1 Å². The van der Waals surface area contributed by atoms with Crippen molar-refractivity contribution in [2.75, 3.05) is 13.1 Å². The third-order valence-corrected chi connectivity index (χ3v) is 5.80. The highest BCUT2D eigenvalue weighted by Gasteiger charge is 2.31. The smallest absolute Gasteiger partial charge is 0.252 e. The Labute approximate surface area is 98.1 Å². The summed E-state index contributed by atoms with van der Waals surface area (Å²) in [6.45, 7) is 0.825. The zero-order chi connectivity index (χ0) is 11.8. The van der Waals surface area contributed by atoms with Gasteiger partial charge in [-0.3, -0.25) is 0 Å². The Morgan fingerprint density at radius 3 is 2.81 bits per heavy atom. The average molecular weight is 257 g/mol. The minimum atomic E-state index is -3.44. The monoisotopic (exact) mass is 257 g/mol. The van der Waals surface area contributed by atoms with Crippen LogP contribution in [0.4, 0.5) is 0 Å². The van der Waals surface area contributed by atoms with Gasteiger partial charge < -0.3 is 5.73 Å². The molecule has 16 heavy (non-hydrogen) atoms. The van der Waals surface area contributed by atoms with E-state index in [1.54, 1.807) is 0 Å². The SMILES string of the molecule is N#Cc1ccc(S(=O)(=O)N2CC[C@H](N)C2)s1.